The topological polar surface area (TPSA) is 29.9 Å². The normalized spacial score (nSPS) is 11.8. The van der Waals surface area contributed by atoms with Crippen molar-refractivity contribution >= 4 is 34.2 Å². The summed E-state index contributed by atoms with van der Waals surface area (Å²) in [5.74, 6) is 0. The molecule has 0 aliphatic carbocycles. The molecule has 0 amide bonds. The number of rotatable bonds is 3. The van der Waals surface area contributed by atoms with Crippen LogP contribution in [0.15, 0.2) is 30.6 Å². The first-order chi connectivity index (χ1) is 8.85. The standard InChI is InChI=1S/C14H17ClIN3/c1-14(2,3)17-7-10-4-5-12(6-13(10)15)19-9-11(16)8-18-19/h4-6,8-9,17H,7H2,1-3H3. The maximum atomic E-state index is 6.33. The summed E-state index contributed by atoms with van der Waals surface area (Å²) in [7, 11) is 0. The van der Waals surface area contributed by atoms with Gasteiger partial charge in [-0.15, -0.1) is 0 Å². The van der Waals surface area contributed by atoms with Gasteiger partial charge in [0.05, 0.1) is 15.5 Å². The summed E-state index contributed by atoms with van der Waals surface area (Å²) in [6, 6.07) is 6.03. The molecule has 0 atom stereocenters. The van der Waals surface area contributed by atoms with E-state index in [9.17, 15) is 0 Å². The summed E-state index contributed by atoms with van der Waals surface area (Å²) in [5, 5.41) is 8.47. The van der Waals surface area contributed by atoms with Gasteiger partial charge >= 0.3 is 0 Å². The van der Waals surface area contributed by atoms with E-state index in [1.54, 1.807) is 0 Å². The first kappa shape index (κ1) is 14.8. The van der Waals surface area contributed by atoms with Crippen LogP contribution in [0.4, 0.5) is 0 Å². The Hall–Kier alpha value is -0.590. The Morgan fingerprint density at radius 3 is 2.63 bits per heavy atom. The second-order valence-corrected chi connectivity index (χ2v) is 7.14. The lowest BCUT2D eigenvalue weighted by atomic mass is 10.1. The number of benzene rings is 1. The fourth-order valence-corrected chi connectivity index (χ4v) is 2.25. The van der Waals surface area contributed by atoms with Crippen molar-refractivity contribution in [3.05, 3.63) is 44.7 Å². The maximum Gasteiger partial charge on any atom is 0.0661 e. The SMILES string of the molecule is CC(C)(C)NCc1ccc(-n2cc(I)cn2)cc1Cl. The Morgan fingerprint density at radius 2 is 2.11 bits per heavy atom. The summed E-state index contributed by atoms with van der Waals surface area (Å²) >= 11 is 8.57. The number of hydrogen-bond acceptors (Lipinski definition) is 2. The van der Waals surface area contributed by atoms with E-state index in [2.05, 4.69) is 53.8 Å². The van der Waals surface area contributed by atoms with Gasteiger partial charge in [-0.05, 0) is 61.1 Å². The second kappa shape index (κ2) is 5.81. The predicted octanol–water partition coefficient (Wildman–Crippen LogP) is 4.02. The number of aromatic nitrogens is 2. The van der Waals surface area contributed by atoms with Gasteiger partial charge in [0, 0.05) is 23.3 Å². The van der Waals surface area contributed by atoms with Gasteiger partial charge in [0.15, 0.2) is 0 Å². The van der Waals surface area contributed by atoms with E-state index in [4.69, 9.17) is 11.6 Å². The molecule has 0 saturated carbocycles. The number of nitrogens with one attached hydrogen (secondary N) is 1. The minimum Gasteiger partial charge on any atom is -0.308 e. The quantitative estimate of drug-likeness (QED) is 0.804. The molecular formula is C14H17ClIN3. The number of nitrogens with zero attached hydrogens (tertiary/aromatic N) is 2. The molecule has 0 aliphatic rings. The molecule has 0 spiro atoms. The third-order valence-corrected chi connectivity index (χ3v) is 3.57. The van der Waals surface area contributed by atoms with Crippen LogP contribution >= 0.6 is 34.2 Å². The van der Waals surface area contributed by atoms with Crippen LogP contribution in [-0.4, -0.2) is 15.3 Å². The Kier molecular flexibility index (Phi) is 4.53. The summed E-state index contributed by atoms with van der Waals surface area (Å²) in [6.07, 6.45) is 3.79. The summed E-state index contributed by atoms with van der Waals surface area (Å²) in [5.41, 5.74) is 2.16. The Bertz CT molecular complexity index is 572. The van der Waals surface area contributed by atoms with Crippen LogP contribution in [0.3, 0.4) is 0 Å². The van der Waals surface area contributed by atoms with Crippen LogP contribution in [0.1, 0.15) is 26.3 Å². The van der Waals surface area contributed by atoms with Gasteiger partial charge in [-0.25, -0.2) is 4.68 Å². The molecular weight excluding hydrogens is 373 g/mol. The van der Waals surface area contributed by atoms with Gasteiger partial charge < -0.3 is 5.32 Å². The third-order valence-electron chi connectivity index (χ3n) is 2.66. The van der Waals surface area contributed by atoms with Gasteiger partial charge in [-0.1, -0.05) is 17.7 Å². The van der Waals surface area contributed by atoms with E-state index in [-0.39, 0.29) is 5.54 Å². The Balaban J connectivity index is 2.18. The lowest BCUT2D eigenvalue weighted by Crippen LogP contribution is -2.35. The van der Waals surface area contributed by atoms with E-state index < -0.39 is 0 Å². The van der Waals surface area contributed by atoms with Crippen LogP contribution < -0.4 is 5.32 Å². The zero-order chi connectivity index (χ0) is 14.0. The molecule has 0 fully saturated rings. The average molecular weight is 390 g/mol. The van der Waals surface area contributed by atoms with E-state index >= 15 is 0 Å². The molecule has 1 aromatic heterocycles. The lowest BCUT2D eigenvalue weighted by molar-refractivity contribution is 0.424. The largest absolute Gasteiger partial charge is 0.308 e. The molecule has 1 N–H and O–H groups in total. The van der Waals surface area contributed by atoms with Gasteiger partial charge in [0.25, 0.3) is 0 Å². The van der Waals surface area contributed by atoms with Crippen LogP contribution in [0.2, 0.25) is 5.02 Å². The molecule has 3 nitrogen and oxygen atoms in total. The van der Waals surface area contributed by atoms with Crippen molar-refractivity contribution in [2.75, 3.05) is 0 Å². The monoisotopic (exact) mass is 389 g/mol. The highest BCUT2D eigenvalue weighted by molar-refractivity contribution is 14.1. The summed E-state index contributed by atoms with van der Waals surface area (Å²) < 4.78 is 2.93. The summed E-state index contributed by atoms with van der Waals surface area (Å²) in [6.45, 7) is 7.18. The van der Waals surface area contributed by atoms with Gasteiger partial charge in [-0.3, -0.25) is 0 Å². The molecule has 0 unspecified atom stereocenters. The third kappa shape index (κ3) is 4.19. The van der Waals surface area contributed by atoms with E-state index in [1.807, 2.05) is 35.3 Å². The van der Waals surface area contributed by atoms with Gasteiger partial charge in [-0.2, -0.15) is 5.10 Å². The molecule has 2 rings (SSSR count). The molecule has 102 valence electrons. The van der Waals surface area contributed by atoms with E-state index in [0.717, 1.165) is 26.4 Å². The fraction of sp³-hybridized carbons (Fsp3) is 0.357. The molecule has 1 heterocycles. The smallest absolute Gasteiger partial charge is 0.0661 e. The number of halogens is 2. The first-order valence-corrected chi connectivity index (χ1v) is 7.55. The van der Waals surface area contributed by atoms with Crippen LogP contribution in [0, 0.1) is 3.57 Å². The van der Waals surface area contributed by atoms with E-state index in [1.165, 1.54) is 0 Å². The van der Waals surface area contributed by atoms with Crippen molar-refractivity contribution in [2.45, 2.75) is 32.9 Å². The maximum absolute atomic E-state index is 6.33. The molecule has 2 aromatic rings. The van der Waals surface area contributed by atoms with E-state index in [0.29, 0.717) is 0 Å². The zero-order valence-electron chi connectivity index (χ0n) is 11.2. The van der Waals surface area contributed by atoms with Crippen molar-refractivity contribution in [1.29, 1.82) is 0 Å². The Labute approximate surface area is 132 Å². The van der Waals surface area contributed by atoms with Gasteiger partial charge in [0.1, 0.15) is 0 Å². The lowest BCUT2D eigenvalue weighted by Gasteiger charge is -2.21. The van der Waals surface area contributed by atoms with Crippen molar-refractivity contribution in [1.82, 2.24) is 15.1 Å². The fourth-order valence-electron chi connectivity index (χ4n) is 1.62. The van der Waals surface area contributed by atoms with Crippen molar-refractivity contribution in [3.8, 4) is 5.69 Å². The predicted molar refractivity (Wildman–Crippen MR) is 87.9 cm³/mol. The molecule has 0 radical (unpaired) electrons. The Morgan fingerprint density at radius 1 is 1.37 bits per heavy atom. The molecule has 0 saturated heterocycles. The van der Waals surface area contributed by atoms with Crippen LogP contribution in [0.25, 0.3) is 5.69 Å². The highest BCUT2D eigenvalue weighted by Gasteiger charge is 2.10. The minimum absolute atomic E-state index is 0.0834. The minimum atomic E-state index is 0.0834. The molecule has 0 bridgehead atoms. The first-order valence-electron chi connectivity index (χ1n) is 6.09. The van der Waals surface area contributed by atoms with Crippen LogP contribution in [-0.2, 0) is 6.54 Å². The van der Waals surface area contributed by atoms with Crippen molar-refractivity contribution in [3.63, 3.8) is 0 Å². The van der Waals surface area contributed by atoms with Crippen molar-refractivity contribution in [2.24, 2.45) is 0 Å². The zero-order valence-corrected chi connectivity index (χ0v) is 14.2. The molecule has 1 aromatic carbocycles. The number of hydrogen-bond donors (Lipinski definition) is 1. The molecule has 19 heavy (non-hydrogen) atoms. The highest BCUT2D eigenvalue weighted by Crippen LogP contribution is 2.21. The van der Waals surface area contributed by atoms with Gasteiger partial charge in [0.2, 0.25) is 0 Å². The highest BCUT2D eigenvalue weighted by atomic mass is 127. The second-order valence-electron chi connectivity index (χ2n) is 5.48. The summed E-state index contributed by atoms with van der Waals surface area (Å²) in [4.78, 5) is 0. The van der Waals surface area contributed by atoms with Crippen molar-refractivity contribution < 1.29 is 0 Å². The van der Waals surface area contributed by atoms with Crippen LogP contribution in [0.5, 0.6) is 0 Å². The molecule has 0 aliphatic heterocycles. The molecule has 5 heteroatoms. The average Bonchev–Trinajstić information content (AvgIpc) is 2.73.